The molecule has 0 amide bonds. The van der Waals surface area contributed by atoms with Gasteiger partial charge in [-0.05, 0) is 25.2 Å². The molecule has 0 aliphatic heterocycles. The minimum Gasteiger partial charge on any atom is -0.271 e. The molecule has 5 heteroatoms. The van der Waals surface area contributed by atoms with Crippen LogP contribution in [0.4, 0.5) is 0 Å². The van der Waals surface area contributed by atoms with Gasteiger partial charge in [0.1, 0.15) is 0 Å². The van der Waals surface area contributed by atoms with E-state index in [1.54, 1.807) is 0 Å². The molecule has 0 aliphatic carbocycles. The van der Waals surface area contributed by atoms with Crippen molar-refractivity contribution >= 4 is 11.8 Å². The smallest absolute Gasteiger partial charge is 0.0719 e. The molecule has 0 saturated heterocycles. The molecule has 1 aromatic rings. The molecule has 0 radical (unpaired) electrons. The van der Waals surface area contributed by atoms with E-state index in [4.69, 9.17) is 5.84 Å². The van der Waals surface area contributed by atoms with E-state index in [9.17, 15) is 0 Å². The minimum atomic E-state index is 0.198. The third-order valence-electron chi connectivity index (χ3n) is 2.24. The Balaban J connectivity index is 2.57. The fourth-order valence-corrected chi connectivity index (χ4v) is 2.43. The summed E-state index contributed by atoms with van der Waals surface area (Å²) in [4.78, 5) is 0. The van der Waals surface area contributed by atoms with Crippen LogP contribution in [0, 0.1) is 0 Å². The quantitative estimate of drug-likeness (QED) is 0.422. The number of hydrazine groups is 1. The first-order valence-corrected chi connectivity index (χ1v) is 6.54. The molecule has 0 spiro atoms. The van der Waals surface area contributed by atoms with Gasteiger partial charge >= 0.3 is 0 Å². The topological polar surface area (TPSA) is 55.9 Å². The second kappa shape index (κ2) is 6.87. The zero-order chi connectivity index (χ0) is 11.1. The van der Waals surface area contributed by atoms with E-state index in [-0.39, 0.29) is 6.04 Å². The summed E-state index contributed by atoms with van der Waals surface area (Å²) in [6.45, 7) is 5.16. The molecule has 0 fully saturated rings. The van der Waals surface area contributed by atoms with Gasteiger partial charge in [0.25, 0.3) is 0 Å². The summed E-state index contributed by atoms with van der Waals surface area (Å²) in [5, 5.41) is 4.24. The van der Waals surface area contributed by atoms with E-state index in [0.717, 1.165) is 12.3 Å². The van der Waals surface area contributed by atoms with Crippen LogP contribution in [-0.2, 0) is 6.54 Å². The van der Waals surface area contributed by atoms with Gasteiger partial charge in [0.15, 0.2) is 0 Å². The lowest BCUT2D eigenvalue weighted by molar-refractivity contribution is 0.528. The van der Waals surface area contributed by atoms with Crippen LogP contribution in [0.15, 0.2) is 12.3 Å². The normalized spacial score (nSPS) is 13.0. The Morgan fingerprint density at radius 3 is 3.00 bits per heavy atom. The highest BCUT2D eigenvalue weighted by Gasteiger charge is 2.13. The number of nitrogens with two attached hydrogens (primary N) is 1. The summed E-state index contributed by atoms with van der Waals surface area (Å²) in [5.41, 5.74) is 4.03. The molecule has 0 bridgehead atoms. The molecule has 0 aliphatic rings. The fourth-order valence-electron chi connectivity index (χ4n) is 1.47. The maximum Gasteiger partial charge on any atom is 0.0719 e. The molecule has 86 valence electrons. The van der Waals surface area contributed by atoms with Gasteiger partial charge in [-0.3, -0.25) is 16.0 Å². The third kappa shape index (κ3) is 3.52. The predicted octanol–water partition coefficient (Wildman–Crippen LogP) is 1.55. The molecule has 4 nitrogen and oxygen atoms in total. The highest BCUT2D eigenvalue weighted by Crippen LogP contribution is 2.17. The maximum atomic E-state index is 5.57. The van der Waals surface area contributed by atoms with Crippen molar-refractivity contribution in [1.29, 1.82) is 0 Å². The first-order valence-electron chi connectivity index (χ1n) is 5.39. The summed E-state index contributed by atoms with van der Waals surface area (Å²) >= 11 is 1.92. The first kappa shape index (κ1) is 12.5. The van der Waals surface area contributed by atoms with E-state index < -0.39 is 0 Å². The van der Waals surface area contributed by atoms with Crippen molar-refractivity contribution in [3.63, 3.8) is 0 Å². The maximum absolute atomic E-state index is 5.57. The average molecular weight is 228 g/mol. The van der Waals surface area contributed by atoms with Crippen LogP contribution in [-0.4, -0.2) is 21.3 Å². The number of hydrogen-bond acceptors (Lipinski definition) is 4. The van der Waals surface area contributed by atoms with E-state index >= 15 is 0 Å². The van der Waals surface area contributed by atoms with Crippen LogP contribution in [0.3, 0.4) is 0 Å². The summed E-state index contributed by atoms with van der Waals surface area (Å²) in [7, 11) is 0. The lowest BCUT2D eigenvalue weighted by Crippen LogP contribution is -2.31. The Morgan fingerprint density at radius 1 is 1.60 bits per heavy atom. The molecule has 1 atom stereocenters. The number of rotatable bonds is 7. The Kier molecular flexibility index (Phi) is 5.75. The molecule has 1 unspecified atom stereocenters. The molecular formula is C10H20N4S. The molecule has 1 aromatic heterocycles. The van der Waals surface area contributed by atoms with Crippen molar-refractivity contribution in [2.75, 3.05) is 11.5 Å². The molecule has 15 heavy (non-hydrogen) atoms. The largest absolute Gasteiger partial charge is 0.271 e. The van der Waals surface area contributed by atoms with Crippen LogP contribution in [0.2, 0.25) is 0 Å². The molecule has 0 saturated carbocycles. The number of nitrogens with zero attached hydrogens (tertiary/aromatic N) is 2. The van der Waals surface area contributed by atoms with E-state index in [1.165, 1.54) is 17.9 Å². The lowest BCUT2D eigenvalue weighted by Gasteiger charge is -2.16. The number of aromatic nitrogens is 2. The summed E-state index contributed by atoms with van der Waals surface area (Å²) in [5.74, 6) is 7.74. The lowest BCUT2D eigenvalue weighted by atomic mass is 10.2. The summed E-state index contributed by atoms with van der Waals surface area (Å²) < 4.78 is 1.98. The Bertz CT molecular complexity index is 274. The molecule has 3 N–H and O–H groups in total. The number of hydrogen-bond donors (Lipinski definition) is 2. The molecule has 0 aromatic carbocycles. The van der Waals surface area contributed by atoms with Crippen molar-refractivity contribution < 1.29 is 0 Å². The van der Waals surface area contributed by atoms with Crippen molar-refractivity contribution in [3.05, 3.63) is 18.0 Å². The van der Waals surface area contributed by atoms with Crippen molar-refractivity contribution in [3.8, 4) is 0 Å². The summed E-state index contributed by atoms with van der Waals surface area (Å²) in [6.07, 6.45) is 3.03. The van der Waals surface area contributed by atoms with Crippen molar-refractivity contribution in [2.45, 2.75) is 32.9 Å². The van der Waals surface area contributed by atoms with Crippen LogP contribution in [0.1, 0.15) is 32.0 Å². The molecular weight excluding hydrogens is 208 g/mol. The third-order valence-corrected chi connectivity index (χ3v) is 3.51. The molecule has 1 heterocycles. The number of aryl methyl sites for hydroxylation is 1. The van der Waals surface area contributed by atoms with Gasteiger partial charge in [0.2, 0.25) is 0 Å². The fraction of sp³-hybridized carbons (Fsp3) is 0.700. The van der Waals surface area contributed by atoms with Crippen LogP contribution in [0.25, 0.3) is 0 Å². The predicted molar refractivity (Wildman–Crippen MR) is 65.6 cm³/mol. The number of nitrogens with one attached hydrogen (secondary N) is 1. The average Bonchev–Trinajstić information content (AvgIpc) is 2.72. The van der Waals surface area contributed by atoms with Gasteiger partial charge < -0.3 is 0 Å². The Morgan fingerprint density at radius 2 is 2.40 bits per heavy atom. The van der Waals surface area contributed by atoms with Gasteiger partial charge in [0.05, 0.1) is 11.7 Å². The highest BCUT2D eigenvalue weighted by atomic mass is 32.2. The number of thioether (sulfide) groups is 1. The van der Waals surface area contributed by atoms with Gasteiger partial charge in [-0.2, -0.15) is 16.9 Å². The second-order valence-electron chi connectivity index (χ2n) is 3.37. The van der Waals surface area contributed by atoms with Crippen LogP contribution < -0.4 is 11.3 Å². The Hall–Kier alpha value is -0.520. The van der Waals surface area contributed by atoms with Crippen molar-refractivity contribution in [2.24, 2.45) is 5.84 Å². The van der Waals surface area contributed by atoms with Crippen LogP contribution in [0.5, 0.6) is 0 Å². The Labute approximate surface area is 95.6 Å². The first-order chi connectivity index (χ1) is 7.33. The van der Waals surface area contributed by atoms with E-state index in [1.807, 2.05) is 28.7 Å². The molecule has 1 rings (SSSR count). The van der Waals surface area contributed by atoms with Crippen LogP contribution >= 0.6 is 11.8 Å². The standard InChI is InChI=1S/C10H20N4S/c1-3-7-15-8-9(13-11)10-5-6-12-14(10)4-2/h5-6,9,13H,3-4,7-8,11H2,1-2H3. The van der Waals surface area contributed by atoms with E-state index in [2.05, 4.69) is 24.4 Å². The second-order valence-corrected chi connectivity index (χ2v) is 4.52. The van der Waals surface area contributed by atoms with Gasteiger partial charge in [-0.15, -0.1) is 0 Å². The highest BCUT2D eigenvalue weighted by molar-refractivity contribution is 7.99. The zero-order valence-electron chi connectivity index (χ0n) is 9.44. The SMILES string of the molecule is CCCSCC(NN)c1ccnn1CC. The van der Waals surface area contributed by atoms with Crippen molar-refractivity contribution in [1.82, 2.24) is 15.2 Å². The summed E-state index contributed by atoms with van der Waals surface area (Å²) in [6, 6.07) is 2.23. The van der Waals surface area contributed by atoms with E-state index in [0.29, 0.717) is 0 Å². The van der Waals surface area contributed by atoms with Gasteiger partial charge in [0, 0.05) is 18.5 Å². The minimum absolute atomic E-state index is 0.198. The zero-order valence-corrected chi connectivity index (χ0v) is 10.3. The monoisotopic (exact) mass is 228 g/mol. The van der Waals surface area contributed by atoms with Gasteiger partial charge in [-0.25, -0.2) is 0 Å². The van der Waals surface area contributed by atoms with Gasteiger partial charge in [-0.1, -0.05) is 6.92 Å².